The second-order valence-corrected chi connectivity index (χ2v) is 5.47. The number of benzene rings is 1. The average Bonchev–Trinajstić information content (AvgIpc) is 2.16. The van der Waals surface area contributed by atoms with Gasteiger partial charge in [-0.2, -0.15) is 0 Å². The van der Waals surface area contributed by atoms with Crippen molar-refractivity contribution in [3.05, 3.63) is 28.3 Å². The zero-order valence-electron chi connectivity index (χ0n) is 11.2. The van der Waals surface area contributed by atoms with E-state index in [1.807, 2.05) is 14.0 Å². The number of phenolic OH excluding ortho intramolecular Hbond substituents is 1. The normalized spacial score (nSPS) is 11.9. The van der Waals surface area contributed by atoms with Gasteiger partial charge in [0.15, 0.2) is 0 Å². The van der Waals surface area contributed by atoms with Gasteiger partial charge in [-0.1, -0.05) is 26.8 Å². The topological polar surface area (TPSA) is 32.3 Å². The van der Waals surface area contributed by atoms with Crippen LogP contribution in [0.5, 0.6) is 5.75 Å². The molecule has 0 heterocycles. The Morgan fingerprint density at radius 2 is 1.81 bits per heavy atom. The van der Waals surface area contributed by atoms with Crippen LogP contribution in [0.15, 0.2) is 6.07 Å². The van der Waals surface area contributed by atoms with Crippen molar-refractivity contribution in [3.63, 3.8) is 0 Å². The summed E-state index contributed by atoms with van der Waals surface area (Å²) in [6.45, 7) is 11.3. The van der Waals surface area contributed by atoms with Gasteiger partial charge in [0.25, 0.3) is 0 Å². The van der Waals surface area contributed by atoms with Crippen LogP contribution in [-0.2, 0) is 12.0 Å². The van der Waals surface area contributed by atoms with Crippen LogP contribution in [0.1, 0.15) is 43.0 Å². The predicted octanol–water partition coefficient (Wildman–Crippen LogP) is 3.03. The summed E-state index contributed by atoms with van der Waals surface area (Å²) in [6, 6.07) is 2.11. The predicted molar refractivity (Wildman–Crippen MR) is 69.0 cm³/mol. The maximum atomic E-state index is 10.2. The quantitative estimate of drug-likeness (QED) is 0.804. The summed E-state index contributed by atoms with van der Waals surface area (Å²) in [7, 11) is 1.92. The van der Waals surface area contributed by atoms with Crippen LogP contribution in [-0.4, -0.2) is 12.2 Å². The fraction of sp³-hybridized carbons (Fsp3) is 0.571. The maximum Gasteiger partial charge on any atom is 0.122 e. The average molecular weight is 221 g/mol. The molecule has 2 heteroatoms. The van der Waals surface area contributed by atoms with Crippen LogP contribution in [0.2, 0.25) is 0 Å². The lowest BCUT2D eigenvalue weighted by Crippen LogP contribution is -2.15. The lowest BCUT2D eigenvalue weighted by Gasteiger charge is -2.24. The van der Waals surface area contributed by atoms with Crippen LogP contribution < -0.4 is 5.32 Å². The van der Waals surface area contributed by atoms with Crippen molar-refractivity contribution >= 4 is 0 Å². The van der Waals surface area contributed by atoms with E-state index in [-0.39, 0.29) is 5.41 Å². The molecular weight excluding hydrogens is 198 g/mol. The van der Waals surface area contributed by atoms with Gasteiger partial charge in [-0.05, 0) is 48.6 Å². The van der Waals surface area contributed by atoms with Gasteiger partial charge >= 0.3 is 0 Å². The van der Waals surface area contributed by atoms with E-state index in [0.717, 1.165) is 17.7 Å². The van der Waals surface area contributed by atoms with Gasteiger partial charge in [0.05, 0.1) is 0 Å². The summed E-state index contributed by atoms with van der Waals surface area (Å²) in [5.41, 5.74) is 4.46. The zero-order valence-corrected chi connectivity index (χ0v) is 11.2. The first kappa shape index (κ1) is 13.0. The number of phenols is 1. The Morgan fingerprint density at radius 3 is 2.25 bits per heavy atom. The highest BCUT2D eigenvalue weighted by Crippen LogP contribution is 2.36. The van der Waals surface area contributed by atoms with E-state index in [1.54, 1.807) is 0 Å². The highest BCUT2D eigenvalue weighted by molar-refractivity contribution is 5.51. The minimum Gasteiger partial charge on any atom is -0.507 e. The van der Waals surface area contributed by atoms with Crippen molar-refractivity contribution in [1.29, 1.82) is 0 Å². The van der Waals surface area contributed by atoms with E-state index in [2.05, 4.69) is 39.1 Å². The van der Waals surface area contributed by atoms with Crippen LogP contribution >= 0.6 is 0 Å². The molecule has 0 aromatic heterocycles. The molecule has 2 N–H and O–H groups in total. The third kappa shape index (κ3) is 2.38. The second kappa shape index (κ2) is 4.46. The van der Waals surface area contributed by atoms with Gasteiger partial charge in [0, 0.05) is 6.54 Å². The molecular formula is C14H23NO. The molecule has 1 aromatic carbocycles. The molecule has 2 nitrogen and oxygen atoms in total. The number of hydrogen-bond donors (Lipinski definition) is 2. The Labute approximate surface area is 98.7 Å². The molecule has 1 rings (SSSR count). The van der Waals surface area contributed by atoms with Crippen molar-refractivity contribution < 1.29 is 5.11 Å². The molecule has 0 aliphatic carbocycles. The summed E-state index contributed by atoms with van der Waals surface area (Å²) >= 11 is 0. The number of hydrogen-bond acceptors (Lipinski definition) is 2. The highest BCUT2D eigenvalue weighted by Gasteiger charge is 2.21. The molecule has 0 saturated carbocycles. The number of nitrogens with one attached hydrogen (secondary N) is 1. The third-order valence-electron chi connectivity index (χ3n) is 3.06. The van der Waals surface area contributed by atoms with Crippen molar-refractivity contribution in [1.82, 2.24) is 5.32 Å². The lowest BCUT2D eigenvalue weighted by atomic mass is 9.82. The van der Waals surface area contributed by atoms with Gasteiger partial charge in [0.2, 0.25) is 0 Å². The molecule has 0 spiro atoms. The second-order valence-electron chi connectivity index (χ2n) is 5.47. The number of rotatable bonds is 2. The van der Waals surface area contributed by atoms with Gasteiger partial charge in [-0.3, -0.25) is 0 Å². The fourth-order valence-corrected chi connectivity index (χ4v) is 2.03. The smallest absolute Gasteiger partial charge is 0.122 e. The Morgan fingerprint density at radius 1 is 1.25 bits per heavy atom. The summed E-state index contributed by atoms with van der Waals surface area (Å²) in [4.78, 5) is 0. The van der Waals surface area contributed by atoms with E-state index in [9.17, 15) is 5.11 Å². The molecule has 0 bridgehead atoms. The fourth-order valence-electron chi connectivity index (χ4n) is 2.03. The van der Waals surface area contributed by atoms with Gasteiger partial charge in [0.1, 0.15) is 5.75 Å². The van der Waals surface area contributed by atoms with Crippen molar-refractivity contribution in [2.24, 2.45) is 0 Å². The SMILES string of the molecule is CNCc1c(C)cc(C(C)(C)C)c(O)c1C. The molecule has 1 aromatic rings. The Bertz CT molecular complexity index is 389. The molecule has 0 amide bonds. The van der Waals surface area contributed by atoms with Crippen molar-refractivity contribution in [2.45, 2.75) is 46.6 Å². The third-order valence-corrected chi connectivity index (χ3v) is 3.06. The summed E-state index contributed by atoms with van der Waals surface area (Å²) < 4.78 is 0. The summed E-state index contributed by atoms with van der Waals surface area (Å²) in [5, 5.41) is 13.4. The van der Waals surface area contributed by atoms with E-state index < -0.39 is 0 Å². The monoisotopic (exact) mass is 221 g/mol. The lowest BCUT2D eigenvalue weighted by molar-refractivity contribution is 0.441. The largest absolute Gasteiger partial charge is 0.507 e. The van der Waals surface area contributed by atoms with Crippen LogP contribution in [0.25, 0.3) is 0 Å². The summed E-state index contributed by atoms with van der Waals surface area (Å²) in [5.74, 6) is 0.448. The van der Waals surface area contributed by atoms with E-state index in [0.29, 0.717) is 5.75 Å². The Balaban J connectivity index is 3.39. The maximum absolute atomic E-state index is 10.2. The van der Waals surface area contributed by atoms with Crippen LogP contribution in [0, 0.1) is 13.8 Å². The van der Waals surface area contributed by atoms with E-state index in [1.165, 1.54) is 11.1 Å². The van der Waals surface area contributed by atoms with Crippen molar-refractivity contribution in [3.8, 4) is 5.75 Å². The first-order chi connectivity index (χ1) is 7.29. The number of aryl methyl sites for hydroxylation is 1. The molecule has 0 atom stereocenters. The molecule has 0 aliphatic heterocycles. The molecule has 16 heavy (non-hydrogen) atoms. The number of aromatic hydroxyl groups is 1. The Hall–Kier alpha value is -1.02. The van der Waals surface area contributed by atoms with Gasteiger partial charge in [-0.25, -0.2) is 0 Å². The molecule has 90 valence electrons. The summed E-state index contributed by atoms with van der Waals surface area (Å²) in [6.07, 6.45) is 0. The van der Waals surface area contributed by atoms with Crippen LogP contribution in [0.4, 0.5) is 0 Å². The Kier molecular flexibility index (Phi) is 3.64. The minimum absolute atomic E-state index is 0.0161. The van der Waals surface area contributed by atoms with E-state index in [4.69, 9.17) is 0 Å². The standard InChI is InChI=1S/C14H23NO/c1-9-7-12(14(3,4)5)13(16)10(2)11(9)8-15-6/h7,15-16H,8H2,1-6H3. The molecule has 0 radical (unpaired) electrons. The molecule has 0 fully saturated rings. The molecule has 0 aliphatic rings. The highest BCUT2D eigenvalue weighted by atomic mass is 16.3. The first-order valence-corrected chi connectivity index (χ1v) is 5.76. The van der Waals surface area contributed by atoms with E-state index >= 15 is 0 Å². The first-order valence-electron chi connectivity index (χ1n) is 5.76. The van der Waals surface area contributed by atoms with Gasteiger partial charge < -0.3 is 10.4 Å². The molecule has 0 saturated heterocycles. The van der Waals surface area contributed by atoms with Crippen LogP contribution in [0.3, 0.4) is 0 Å². The van der Waals surface area contributed by atoms with Gasteiger partial charge in [-0.15, -0.1) is 0 Å². The molecule has 0 unspecified atom stereocenters. The van der Waals surface area contributed by atoms with Crippen molar-refractivity contribution in [2.75, 3.05) is 7.05 Å². The minimum atomic E-state index is -0.0161. The zero-order chi connectivity index (χ0) is 12.5.